The molecule has 0 spiro atoms. The Bertz CT molecular complexity index is 1370. The number of hydrogen-bond donors (Lipinski definition) is 2. The second-order valence-electron chi connectivity index (χ2n) is 11.2. The van der Waals surface area contributed by atoms with Gasteiger partial charge in [-0.05, 0) is 49.4 Å². The summed E-state index contributed by atoms with van der Waals surface area (Å²) in [6, 6.07) is 9.22. The molecule has 4 rings (SSSR count). The van der Waals surface area contributed by atoms with Crippen LogP contribution < -0.4 is 10.1 Å². The van der Waals surface area contributed by atoms with Crippen molar-refractivity contribution in [1.29, 1.82) is 0 Å². The smallest absolute Gasteiger partial charge is 0.242 e. The van der Waals surface area contributed by atoms with Crippen molar-refractivity contribution in [2.24, 2.45) is 5.92 Å². The fraction of sp³-hybridized carbons (Fsp3) is 0.533. The van der Waals surface area contributed by atoms with Crippen molar-refractivity contribution in [3.63, 3.8) is 0 Å². The van der Waals surface area contributed by atoms with Gasteiger partial charge in [0, 0.05) is 56.8 Å². The molecule has 0 unspecified atom stereocenters. The minimum atomic E-state index is -3.96. The van der Waals surface area contributed by atoms with Crippen LogP contribution in [0.1, 0.15) is 25.8 Å². The van der Waals surface area contributed by atoms with Crippen LogP contribution in [0.2, 0.25) is 0 Å². The molecule has 2 aromatic carbocycles. The number of morpholine rings is 1. The van der Waals surface area contributed by atoms with E-state index in [2.05, 4.69) is 10.2 Å². The second kappa shape index (κ2) is 14.6. The highest BCUT2D eigenvalue weighted by molar-refractivity contribution is 7.89. The molecule has 0 saturated carbocycles. The number of carbonyl (C=O) groups excluding carboxylic acids is 2. The van der Waals surface area contributed by atoms with Gasteiger partial charge >= 0.3 is 0 Å². The van der Waals surface area contributed by atoms with Crippen molar-refractivity contribution in [1.82, 2.24) is 14.1 Å². The molecular formula is C30H41FN4O7S. The molecule has 2 amide bonds. The Morgan fingerprint density at radius 3 is 2.56 bits per heavy atom. The molecule has 0 aromatic heterocycles. The Kier molecular flexibility index (Phi) is 11.1. The number of hydrogen-bond acceptors (Lipinski definition) is 8. The molecule has 13 heteroatoms. The Morgan fingerprint density at radius 1 is 1.19 bits per heavy atom. The van der Waals surface area contributed by atoms with Gasteiger partial charge in [-0.3, -0.25) is 14.5 Å². The van der Waals surface area contributed by atoms with Gasteiger partial charge < -0.3 is 24.8 Å². The highest BCUT2D eigenvalue weighted by Crippen LogP contribution is 2.30. The highest BCUT2D eigenvalue weighted by atomic mass is 32.2. The summed E-state index contributed by atoms with van der Waals surface area (Å²) >= 11 is 0. The third-order valence-corrected chi connectivity index (χ3v) is 9.76. The molecule has 0 bridgehead atoms. The van der Waals surface area contributed by atoms with Gasteiger partial charge in [-0.15, -0.1) is 0 Å². The number of rotatable bonds is 10. The first-order valence-electron chi connectivity index (χ1n) is 14.5. The number of carbonyl (C=O) groups is 2. The van der Waals surface area contributed by atoms with E-state index >= 15 is 0 Å². The number of nitrogens with zero attached hydrogens (tertiary/aromatic N) is 3. The number of anilines is 1. The van der Waals surface area contributed by atoms with Gasteiger partial charge in [0.05, 0.1) is 43.7 Å². The Labute approximate surface area is 252 Å². The zero-order chi connectivity index (χ0) is 31.1. The van der Waals surface area contributed by atoms with Crippen LogP contribution in [0.4, 0.5) is 10.1 Å². The normalized spacial score (nSPS) is 20.9. The maximum absolute atomic E-state index is 13.5. The number of aliphatic hydroxyl groups excluding tert-OH is 1. The van der Waals surface area contributed by atoms with Crippen molar-refractivity contribution in [3.8, 4) is 5.75 Å². The quantitative estimate of drug-likeness (QED) is 0.413. The number of nitrogens with one attached hydrogen (secondary N) is 1. The van der Waals surface area contributed by atoms with Crippen molar-refractivity contribution < 1.29 is 37.0 Å². The molecule has 11 nitrogen and oxygen atoms in total. The van der Waals surface area contributed by atoms with E-state index in [0.717, 1.165) is 29.5 Å². The summed E-state index contributed by atoms with van der Waals surface area (Å²) in [5.74, 6) is -0.836. The van der Waals surface area contributed by atoms with E-state index in [4.69, 9.17) is 9.47 Å². The van der Waals surface area contributed by atoms with Crippen molar-refractivity contribution in [2.45, 2.75) is 43.7 Å². The molecule has 1 fully saturated rings. The van der Waals surface area contributed by atoms with Gasteiger partial charge in [0.1, 0.15) is 17.7 Å². The van der Waals surface area contributed by atoms with Gasteiger partial charge in [-0.1, -0.05) is 6.92 Å². The van der Waals surface area contributed by atoms with Gasteiger partial charge in [0.2, 0.25) is 21.8 Å². The van der Waals surface area contributed by atoms with Crippen LogP contribution >= 0.6 is 0 Å². The maximum Gasteiger partial charge on any atom is 0.242 e. The number of likely N-dealkylation sites (N-methyl/N-ethyl adjacent to an activating group) is 1. The molecule has 2 aromatic rings. The fourth-order valence-electron chi connectivity index (χ4n) is 5.17. The van der Waals surface area contributed by atoms with Gasteiger partial charge in [-0.25, -0.2) is 12.8 Å². The molecule has 2 aliphatic rings. The maximum atomic E-state index is 13.5. The van der Waals surface area contributed by atoms with E-state index in [1.165, 1.54) is 19.2 Å². The first-order chi connectivity index (χ1) is 20.5. The molecule has 43 heavy (non-hydrogen) atoms. The van der Waals surface area contributed by atoms with Crippen LogP contribution in [0.15, 0.2) is 47.4 Å². The van der Waals surface area contributed by atoms with Crippen molar-refractivity contribution >= 4 is 27.5 Å². The molecule has 2 aliphatic heterocycles. The lowest BCUT2D eigenvalue weighted by Crippen LogP contribution is -2.48. The SMILES string of the molecule is C[C@@H]1CN([C@@H](C)CO)C(=O)Cc2cc(NC(=O)CCN3CCOCC3)ccc2O[C@@H]1CN(C)S(=O)(=O)c1ccc(F)cc1. The lowest BCUT2D eigenvalue weighted by molar-refractivity contribution is -0.134. The van der Waals surface area contributed by atoms with E-state index in [1.54, 1.807) is 30.0 Å². The lowest BCUT2D eigenvalue weighted by Gasteiger charge is -2.33. The van der Waals surface area contributed by atoms with Gasteiger partial charge in [0.25, 0.3) is 0 Å². The van der Waals surface area contributed by atoms with E-state index in [1.807, 2.05) is 6.92 Å². The fourth-order valence-corrected chi connectivity index (χ4v) is 6.35. The van der Waals surface area contributed by atoms with Crippen molar-refractivity contribution in [3.05, 3.63) is 53.8 Å². The molecule has 236 valence electrons. The van der Waals surface area contributed by atoms with Crippen LogP contribution in [-0.4, -0.2) is 111 Å². The van der Waals surface area contributed by atoms with Gasteiger partial charge in [0.15, 0.2) is 0 Å². The first kappa shape index (κ1) is 32.8. The number of aliphatic hydroxyl groups is 1. The zero-order valence-electron chi connectivity index (χ0n) is 24.9. The molecule has 3 atom stereocenters. The van der Waals surface area contributed by atoms with E-state index < -0.39 is 28.0 Å². The van der Waals surface area contributed by atoms with Crippen LogP contribution in [0, 0.1) is 11.7 Å². The molecular weight excluding hydrogens is 579 g/mol. The Balaban J connectivity index is 1.56. The van der Waals surface area contributed by atoms with Crippen LogP contribution in [-0.2, 0) is 30.8 Å². The summed E-state index contributed by atoms with van der Waals surface area (Å²) in [6.45, 7) is 7.04. The minimum Gasteiger partial charge on any atom is -0.488 e. The average molecular weight is 621 g/mol. The first-order valence-corrected chi connectivity index (χ1v) is 15.9. The van der Waals surface area contributed by atoms with Gasteiger partial charge in [-0.2, -0.15) is 4.31 Å². The second-order valence-corrected chi connectivity index (χ2v) is 13.2. The number of sulfonamides is 1. The van der Waals surface area contributed by atoms with Crippen molar-refractivity contribution in [2.75, 3.05) is 64.9 Å². The van der Waals surface area contributed by atoms with E-state index in [0.29, 0.717) is 43.2 Å². The third kappa shape index (κ3) is 8.51. The zero-order valence-corrected chi connectivity index (χ0v) is 25.7. The summed E-state index contributed by atoms with van der Waals surface area (Å²) in [5.41, 5.74) is 1.05. The van der Waals surface area contributed by atoms with E-state index in [-0.39, 0.29) is 48.7 Å². The summed E-state index contributed by atoms with van der Waals surface area (Å²) in [6.07, 6.45) is -0.393. The van der Waals surface area contributed by atoms with E-state index in [9.17, 15) is 27.5 Å². The Morgan fingerprint density at radius 2 is 1.88 bits per heavy atom. The standard InChI is InChI=1S/C30H41FN4O7S/c1-21-18-35(22(2)20-36)30(38)17-23-16-25(32-29(37)10-11-34-12-14-41-15-13-34)6-9-27(23)42-28(21)19-33(3)43(39,40)26-7-4-24(31)5-8-26/h4-9,16,21-22,28,36H,10-15,17-20H2,1-3H3,(H,32,37)/t21-,22+,28-/m1/s1. The summed E-state index contributed by atoms with van der Waals surface area (Å²) in [4.78, 5) is 29.9. The predicted molar refractivity (Wildman–Crippen MR) is 159 cm³/mol. The van der Waals surface area contributed by atoms with Crippen LogP contribution in [0.5, 0.6) is 5.75 Å². The number of benzene rings is 2. The number of halogens is 1. The highest BCUT2D eigenvalue weighted by Gasteiger charge is 2.33. The topological polar surface area (TPSA) is 129 Å². The summed E-state index contributed by atoms with van der Waals surface area (Å²) < 4.78 is 52.9. The third-order valence-electron chi connectivity index (χ3n) is 7.92. The average Bonchev–Trinajstić information content (AvgIpc) is 3.03. The molecule has 1 saturated heterocycles. The lowest BCUT2D eigenvalue weighted by atomic mass is 10.0. The van der Waals surface area contributed by atoms with Crippen LogP contribution in [0.25, 0.3) is 0 Å². The number of ether oxygens (including phenoxy) is 2. The number of amides is 2. The molecule has 2 heterocycles. The molecule has 0 radical (unpaired) electrons. The summed E-state index contributed by atoms with van der Waals surface area (Å²) in [7, 11) is -2.53. The summed E-state index contributed by atoms with van der Waals surface area (Å²) in [5, 5.41) is 12.8. The molecule has 0 aliphatic carbocycles. The molecule has 2 N–H and O–H groups in total. The Hall–Kier alpha value is -3.10. The van der Waals surface area contributed by atoms with Crippen LogP contribution in [0.3, 0.4) is 0 Å². The monoisotopic (exact) mass is 620 g/mol. The largest absolute Gasteiger partial charge is 0.488 e. The predicted octanol–water partition coefficient (Wildman–Crippen LogP) is 1.96. The number of fused-ring (bicyclic) bond motifs is 1. The minimum absolute atomic E-state index is 0.0275.